The molecule has 0 aliphatic heterocycles. The number of rotatable bonds is 4. The maximum absolute atomic E-state index is 13.4. The first-order chi connectivity index (χ1) is 8.90. The van der Waals surface area contributed by atoms with Crippen molar-refractivity contribution in [1.29, 1.82) is 0 Å². The normalized spacial score (nSPS) is 11.7. The highest BCUT2D eigenvalue weighted by atomic mass is 32.2. The Labute approximate surface area is 108 Å². The molecule has 0 bridgehead atoms. The summed E-state index contributed by atoms with van der Waals surface area (Å²) in [6, 6.07) is 3.88. The smallest absolute Gasteiger partial charge is 0.243 e. The second kappa shape index (κ2) is 5.06. The van der Waals surface area contributed by atoms with Crippen molar-refractivity contribution in [2.45, 2.75) is 11.4 Å². The molecular formula is C11H11F2N3O2S. The van der Waals surface area contributed by atoms with Gasteiger partial charge in [0.1, 0.15) is 16.5 Å². The lowest BCUT2D eigenvalue weighted by Crippen LogP contribution is -2.25. The Kier molecular flexibility index (Phi) is 3.63. The summed E-state index contributed by atoms with van der Waals surface area (Å²) < 4.78 is 53.8. The number of nitrogens with zero attached hydrogens (tertiary/aromatic N) is 2. The molecule has 8 heteroatoms. The molecule has 0 aliphatic rings. The Bertz CT molecular complexity index is 698. The molecule has 1 N–H and O–H groups in total. The van der Waals surface area contributed by atoms with Gasteiger partial charge in [-0.1, -0.05) is 0 Å². The minimum absolute atomic E-state index is 0.0607. The van der Waals surface area contributed by atoms with E-state index in [-0.39, 0.29) is 6.54 Å². The first-order valence-electron chi connectivity index (χ1n) is 5.32. The maximum atomic E-state index is 13.4. The van der Waals surface area contributed by atoms with Gasteiger partial charge in [0.25, 0.3) is 0 Å². The van der Waals surface area contributed by atoms with Crippen LogP contribution in [0.25, 0.3) is 0 Å². The van der Waals surface area contributed by atoms with Crippen LogP contribution in [0.5, 0.6) is 0 Å². The zero-order chi connectivity index (χ0) is 14.0. The molecule has 0 fully saturated rings. The Hall–Kier alpha value is -1.80. The fourth-order valence-electron chi connectivity index (χ4n) is 1.50. The molecule has 0 spiro atoms. The highest BCUT2D eigenvalue weighted by molar-refractivity contribution is 7.89. The van der Waals surface area contributed by atoms with Gasteiger partial charge in [-0.3, -0.25) is 4.68 Å². The van der Waals surface area contributed by atoms with Crippen molar-refractivity contribution in [1.82, 2.24) is 14.5 Å². The molecular weight excluding hydrogens is 276 g/mol. The predicted molar refractivity (Wildman–Crippen MR) is 63.6 cm³/mol. The molecule has 0 saturated heterocycles. The van der Waals surface area contributed by atoms with Crippen LogP contribution in [0, 0.1) is 11.6 Å². The Balaban J connectivity index is 2.23. The molecule has 0 saturated carbocycles. The summed E-state index contributed by atoms with van der Waals surface area (Å²) >= 11 is 0. The molecule has 19 heavy (non-hydrogen) atoms. The summed E-state index contributed by atoms with van der Waals surface area (Å²) in [5, 5.41) is 3.87. The summed E-state index contributed by atoms with van der Waals surface area (Å²) in [5.41, 5.74) is 0.598. The van der Waals surface area contributed by atoms with Crippen LogP contribution < -0.4 is 4.72 Å². The Morgan fingerprint density at radius 2 is 2.05 bits per heavy atom. The zero-order valence-corrected chi connectivity index (χ0v) is 10.8. The van der Waals surface area contributed by atoms with Gasteiger partial charge in [-0.2, -0.15) is 5.10 Å². The molecule has 0 atom stereocenters. The molecule has 0 aliphatic carbocycles. The van der Waals surface area contributed by atoms with Gasteiger partial charge in [-0.25, -0.2) is 21.9 Å². The van der Waals surface area contributed by atoms with Crippen molar-refractivity contribution in [3.63, 3.8) is 0 Å². The summed E-state index contributed by atoms with van der Waals surface area (Å²) in [4.78, 5) is -0.713. The number of hydrogen-bond donors (Lipinski definition) is 1. The molecule has 5 nitrogen and oxygen atoms in total. The van der Waals surface area contributed by atoms with E-state index in [1.54, 1.807) is 13.1 Å². The Morgan fingerprint density at radius 3 is 2.68 bits per heavy atom. The second-order valence-electron chi connectivity index (χ2n) is 3.85. The second-order valence-corrected chi connectivity index (χ2v) is 5.58. The highest BCUT2D eigenvalue weighted by Gasteiger charge is 2.20. The minimum atomic E-state index is -4.11. The van der Waals surface area contributed by atoms with Crippen molar-refractivity contribution in [2.75, 3.05) is 0 Å². The fraction of sp³-hybridized carbons (Fsp3) is 0.182. The lowest BCUT2D eigenvalue weighted by Gasteiger charge is -2.08. The van der Waals surface area contributed by atoms with Gasteiger partial charge in [-0.05, 0) is 24.3 Å². The Morgan fingerprint density at radius 1 is 1.32 bits per heavy atom. The number of halogens is 2. The largest absolute Gasteiger partial charge is 0.271 e. The van der Waals surface area contributed by atoms with Crippen LogP contribution in [-0.2, 0) is 23.6 Å². The first kappa shape index (κ1) is 13.6. The van der Waals surface area contributed by atoms with Crippen molar-refractivity contribution < 1.29 is 17.2 Å². The topological polar surface area (TPSA) is 64.0 Å². The molecule has 0 radical (unpaired) electrons. The van der Waals surface area contributed by atoms with E-state index in [1.165, 1.54) is 10.9 Å². The molecule has 2 rings (SSSR count). The van der Waals surface area contributed by atoms with Gasteiger partial charge in [0.2, 0.25) is 10.0 Å². The van der Waals surface area contributed by atoms with Gasteiger partial charge < -0.3 is 0 Å². The third-order valence-corrected chi connectivity index (χ3v) is 3.96. The molecule has 102 valence electrons. The molecule has 2 aromatic rings. The predicted octanol–water partition coefficient (Wildman–Crippen LogP) is 1.18. The van der Waals surface area contributed by atoms with E-state index in [9.17, 15) is 17.2 Å². The van der Waals surface area contributed by atoms with Crippen LogP contribution in [0.15, 0.2) is 35.4 Å². The average molecular weight is 287 g/mol. The highest BCUT2D eigenvalue weighted by Crippen LogP contribution is 2.15. The maximum Gasteiger partial charge on any atom is 0.243 e. The first-order valence-corrected chi connectivity index (χ1v) is 6.80. The summed E-state index contributed by atoms with van der Waals surface area (Å²) in [6.45, 7) is -0.0607. The van der Waals surface area contributed by atoms with E-state index >= 15 is 0 Å². The average Bonchev–Trinajstić information content (AvgIpc) is 2.75. The molecule has 1 aromatic carbocycles. The van der Waals surface area contributed by atoms with Crippen molar-refractivity contribution in [3.05, 3.63) is 47.8 Å². The quantitative estimate of drug-likeness (QED) is 0.918. The van der Waals surface area contributed by atoms with Crippen LogP contribution in [0.4, 0.5) is 8.78 Å². The monoisotopic (exact) mass is 287 g/mol. The van der Waals surface area contributed by atoms with Crippen LogP contribution in [0.1, 0.15) is 5.69 Å². The molecule has 0 amide bonds. The standard InChI is InChI=1S/C11H11F2N3O2S/c1-16-9(4-5-14-16)7-15-19(17,18)11-6-8(12)2-3-10(11)13/h2-6,15H,7H2,1H3. The third kappa shape index (κ3) is 2.96. The number of aromatic nitrogens is 2. The number of hydrogen-bond acceptors (Lipinski definition) is 3. The third-order valence-electron chi connectivity index (χ3n) is 2.55. The lowest BCUT2D eigenvalue weighted by atomic mass is 10.3. The summed E-state index contributed by atoms with van der Waals surface area (Å²) in [6.07, 6.45) is 1.51. The molecule has 0 unspecified atom stereocenters. The van der Waals surface area contributed by atoms with E-state index in [4.69, 9.17) is 0 Å². The van der Waals surface area contributed by atoms with Crippen molar-refractivity contribution in [3.8, 4) is 0 Å². The summed E-state index contributed by atoms with van der Waals surface area (Å²) in [7, 11) is -2.47. The van der Waals surface area contributed by atoms with Gasteiger partial charge in [-0.15, -0.1) is 0 Å². The van der Waals surface area contributed by atoms with Crippen molar-refractivity contribution >= 4 is 10.0 Å². The van der Waals surface area contributed by atoms with Crippen molar-refractivity contribution in [2.24, 2.45) is 7.05 Å². The zero-order valence-electron chi connectivity index (χ0n) is 9.97. The number of nitrogens with one attached hydrogen (secondary N) is 1. The van der Waals surface area contributed by atoms with E-state index in [0.29, 0.717) is 11.8 Å². The van der Waals surface area contributed by atoms with E-state index < -0.39 is 26.6 Å². The molecule has 1 aromatic heterocycles. The van der Waals surface area contributed by atoms with Gasteiger partial charge in [0, 0.05) is 13.2 Å². The summed E-state index contributed by atoms with van der Waals surface area (Å²) in [5.74, 6) is -1.82. The van der Waals surface area contributed by atoms with Gasteiger partial charge >= 0.3 is 0 Å². The van der Waals surface area contributed by atoms with Gasteiger partial charge in [0.05, 0.1) is 12.2 Å². The van der Waals surface area contributed by atoms with Crippen LogP contribution >= 0.6 is 0 Å². The number of benzene rings is 1. The van der Waals surface area contributed by atoms with E-state index in [2.05, 4.69) is 9.82 Å². The van der Waals surface area contributed by atoms with Crippen LogP contribution in [0.2, 0.25) is 0 Å². The van der Waals surface area contributed by atoms with E-state index in [1.807, 2.05) is 0 Å². The van der Waals surface area contributed by atoms with Crippen LogP contribution in [0.3, 0.4) is 0 Å². The SMILES string of the molecule is Cn1nccc1CNS(=O)(=O)c1cc(F)ccc1F. The number of aryl methyl sites for hydroxylation is 1. The number of sulfonamides is 1. The van der Waals surface area contributed by atoms with E-state index in [0.717, 1.165) is 12.1 Å². The fourth-order valence-corrected chi connectivity index (χ4v) is 2.59. The minimum Gasteiger partial charge on any atom is -0.271 e. The van der Waals surface area contributed by atoms with Gasteiger partial charge in [0.15, 0.2) is 0 Å². The molecule has 1 heterocycles. The van der Waals surface area contributed by atoms with Crippen LogP contribution in [-0.4, -0.2) is 18.2 Å². The lowest BCUT2D eigenvalue weighted by molar-refractivity contribution is 0.544.